The molecule has 4 aromatic rings. The Balaban J connectivity index is 1.35. The molecule has 1 fully saturated rings. The number of anilines is 2. The van der Waals surface area contributed by atoms with Gasteiger partial charge in [-0.2, -0.15) is 0 Å². The molecule has 1 aliphatic heterocycles. The van der Waals surface area contributed by atoms with Gasteiger partial charge >= 0.3 is 0 Å². The number of nitrogens with zero attached hydrogens (tertiary/aromatic N) is 2. The Morgan fingerprint density at radius 2 is 1.78 bits per heavy atom. The van der Waals surface area contributed by atoms with Gasteiger partial charge in [-0.15, -0.1) is 0 Å². The Morgan fingerprint density at radius 1 is 0.978 bits per heavy atom. The number of alkyl halides is 1. The minimum Gasteiger partial charge on any atom is -0.481 e. The van der Waals surface area contributed by atoms with Crippen molar-refractivity contribution in [3.8, 4) is 28.4 Å². The second kappa shape index (κ2) is 15.4. The van der Waals surface area contributed by atoms with E-state index in [1.807, 2.05) is 12.1 Å². The van der Waals surface area contributed by atoms with Crippen molar-refractivity contribution >= 4 is 40.5 Å². The minimum atomic E-state index is -0.424. The van der Waals surface area contributed by atoms with Gasteiger partial charge in [0.25, 0.3) is 0 Å². The van der Waals surface area contributed by atoms with Crippen molar-refractivity contribution in [2.45, 2.75) is 38.4 Å². The van der Waals surface area contributed by atoms with Crippen molar-refractivity contribution in [1.29, 1.82) is 0 Å². The summed E-state index contributed by atoms with van der Waals surface area (Å²) in [5.41, 5.74) is 4.29. The number of benzene rings is 2. The number of methoxy groups -OCH3 is 1. The lowest BCUT2D eigenvalue weighted by atomic mass is 10.0. The average Bonchev–Trinajstić information content (AvgIpc) is 3.47. The van der Waals surface area contributed by atoms with Gasteiger partial charge in [0, 0.05) is 60.5 Å². The molecule has 236 valence electrons. The van der Waals surface area contributed by atoms with E-state index < -0.39 is 12.5 Å². The van der Waals surface area contributed by atoms with Crippen molar-refractivity contribution in [3.63, 3.8) is 0 Å². The Bertz CT molecular complexity index is 1660. The summed E-state index contributed by atoms with van der Waals surface area (Å²) in [7, 11) is 1.56. The largest absolute Gasteiger partial charge is 0.481 e. The lowest BCUT2D eigenvalue weighted by Gasteiger charge is -2.16. The highest BCUT2D eigenvalue weighted by atomic mass is 35.5. The smallest absolute Gasteiger partial charge is 0.220 e. The summed E-state index contributed by atoms with van der Waals surface area (Å²) in [6.45, 7) is 1.49. The van der Waals surface area contributed by atoms with E-state index in [9.17, 15) is 9.18 Å². The zero-order chi connectivity index (χ0) is 31.8. The van der Waals surface area contributed by atoms with Gasteiger partial charge < -0.3 is 26.0 Å². The summed E-state index contributed by atoms with van der Waals surface area (Å²) in [6, 6.07) is 16.1. The van der Waals surface area contributed by atoms with E-state index in [0.29, 0.717) is 82.2 Å². The third-order valence-corrected chi connectivity index (χ3v) is 8.28. The highest BCUT2D eigenvalue weighted by molar-refractivity contribution is 6.39. The van der Waals surface area contributed by atoms with E-state index in [4.69, 9.17) is 32.9 Å². The maximum atomic E-state index is 15.3. The summed E-state index contributed by atoms with van der Waals surface area (Å²) in [5, 5.41) is 13.1. The van der Waals surface area contributed by atoms with Crippen molar-refractivity contribution in [1.82, 2.24) is 25.9 Å². The molecular weight excluding hydrogens is 621 g/mol. The molecule has 3 heterocycles. The standard InChI is InChI=1S/C33H34Cl2F2N6O2/c1-45-33-21(18-39-19-22-10-12-28(44)41-22)9-11-25(43-33)23-13-16-40-32(30(23)35)24-6-3-7-26(29(24)34)42-27-8-2-5-20(31(27)37)17-38-15-4-14-36/h2-3,5-9,11,13,16,22,38-39,42H,4,10,12,14-15,17-19H2,1H3,(H,41,44). The van der Waals surface area contributed by atoms with Gasteiger partial charge in [-0.1, -0.05) is 53.5 Å². The third-order valence-electron chi connectivity index (χ3n) is 7.49. The SMILES string of the molecule is COc1nc(-c2ccnc(-c3cccc(Nc4cccc(CNCCCF)c4F)c3Cl)c2Cl)ccc1CNCC1CCC(=O)N1. The van der Waals surface area contributed by atoms with Gasteiger partial charge in [-0.25, -0.2) is 9.37 Å². The monoisotopic (exact) mass is 654 g/mol. The number of rotatable bonds is 14. The van der Waals surface area contributed by atoms with Gasteiger partial charge in [0.05, 0.1) is 46.6 Å². The maximum absolute atomic E-state index is 15.3. The molecule has 1 unspecified atom stereocenters. The lowest BCUT2D eigenvalue weighted by Crippen LogP contribution is -2.35. The molecule has 12 heteroatoms. The topological polar surface area (TPSA) is 100 Å². The fourth-order valence-corrected chi connectivity index (χ4v) is 5.73. The zero-order valence-corrected chi connectivity index (χ0v) is 26.2. The van der Waals surface area contributed by atoms with Crippen LogP contribution in [0.5, 0.6) is 5.88 Å². The van der Waals surface area contributed by atoms with Crippen LogP contribution in [0, 0.1) is 5.82 Å². The molecular formula is C33H34Cl2F2N6O2. The predicted octanol–water partition coefficient (Wildman–Crippen LogP) is 6.83. The van der Waals surface area contributed by atoms with E-state index in [1.165, 1.54) is 0 Å². The second-order valence-corrected chi connectivity index (χ2v) is 11.4. The second-order valence-electron chi connectivity index (χ2n) is 10.6. The Morgan fingerprint density at radius 3 is 2.56 bits per heavy atom. The molecule has 0 spiro atoms. The Kier molecular flexibility index (Phi) is 11.2. The number of hydrogen-bond donors (Lipinski definition) is 4. The van der Waals surface area contributed by atoms with Crippen molar-refractivity contribution < 1.29 is 18.3 Å². The number of halogens is 4. The van der Waals surface area contributed by atoms with Crippen LogP contribution in [0.1, 0.15) is 30.4 Å². The van der Waals surface area contributed by atoms with Gasteiger partial charge in [0.1, 0.15) is 0 Å². The van der Waals surface area contributed by atoms with Gasteiger partial charge in [0.15, 0.2) is 5.82 Å². The molecule has 0 bridgehead atoms. The summed E-state index contributed by atoms with van der Waals surface area (Å²) in [4.78, 5) is 20.7. The molecule has 2 aromatic carbocycles. The van der Waals surface area contributed by atoms with Crippen LogP contribution in [0.25, 0.3) is 22.5 Å². The molecule has 1 saturated heterocycles. The van der Waals surface area contributed by atoms with E-state index in [0.717, 1.165) is 12.0 Å². The fourth-order valence-electron chi connectivity index (χ4n) is 5.16. The third kappa shape index (κ3) is 7.88. The number of carbonyl (C=O) groups excluding carboxylic acids is 1. The number of nitrogens with one attached hydrogen (secondary N) is 4. The number of hydrogen-bond acceptors (Lipinski definition) is 7. The number of aromatic nitrogens is 2. The van der Waals surface area contributed by atoms with E-state index >= 15 is 4.39 Å². The number of carbonyl (C=O) groups is 1. The first-order valence-electron chi connectivity index (χ1n) is 14.7. The predicted molar refractivity (Wildman–Crippen MR) is 174 cm³/mol. The summed E-state index contributed by atoms with van der Waals surface area (Å²) in [6.07, 6.45) is 3.37. The molecule has 0 aliphatic carbocycles. The maximum Gasteiger partial charge on any atom is 0.220 e. The fraction of sp³-hybridized carbons (Fsp3) is 0.303. The molecule has 8 nitrogen and oxygen atoms in total. The Labute approximate surface area is 270 Å². The van der Waals surface area contributed by atoms with Gasteiger partial charge in [-0.3, -0.25) is 14.2 Å². The van der Waals surface area contributed by atoms with Crippen molar-refractivity contribution in [3.05, 3.63) is 87.8 Å². The van der Waals surface area contributed by atoms with Crippen molar-refractivity contribution in [2.75, 3.05) is 32.2 Å². The molecule has 1 atom stereocenters. The summed E-state index contributed by atoms with van der Waals surface area (Å²) in [5.74, 6) is 0.114. The molecule has 1 aliphatic rings. The Hall–Kier alpha value is -3.83. The van der Waals surface area contributed by atoms with Crippen LogP contribution in [0.2, 0.25) is 10.0 Å². The average molecular weight is 656 g/mol. The number of pyridine rings is 2. The van der Waals surface area contributed by atoms with Gasteiger partial charge in [0.2, 0.25) is 11.8 Å². The first-order valence-corrected chi connectivity index (χ1v) is 15.4. The molecule has 0 saturated carbocycles. The number of ether oxygens (including phenoxy) is 1. The number of amides is 1. The van der Waals surface area contributed by atoms with Crippen molar-refractivity contribution in [2.24, 2.45) is 0 Å². The highest BCUT2D eigenvalue weighted by Gasteiger charge is 2.21. The van der Waals surface area contributed by atoms with E-state index in [-0.39, 0.29) is 24.2 Å². The van der Waals surface area contributed by atoms with E-state index in [1.54, 1.807) is 55.8 Å². The molecule has 45 heavy (non-hydrogen) atoms. The highest BCUT2D eigenvalue weighted by Crippen LogP contribution is 2.41. The first kappa shape index (κ1) is 32.6. The van der Waals surface area contributed by atoms with Crippen LogP contribution in [0.15, 0.2) is 60.8 Å². The molecule has 4 N–H and O–H groups in total. The van der Waals surface area contributed by atoms with Crippen LogP contribution < -0.4 is 26.0 Å². The molecule has 2 aromatic heterocycles. The van der Waals surface area contributed by atoms with Gasteiger partial charge in [-0.05, 0) is 43.7 Å². The van der Waals surface area contributed by atoms with Crippen LogP contribution in [-0.4, -0.2) is 48.8 Å². The zero-order valence-electron chi connectivity index (χ0n) is 24.7. The quantitative estimate of drug-likeness (QED) is 0.111. The van der Waals surface area contributed by atoms with Crippen LogP contribution >= 0.6 is 23.2 Å². The van der Waals surface area contributed by atoms with Crippen LogP contribution in [0.3, 0.4) is 0 Å². The molecule has 1 amide bonds. The summed E-state index contributed by atoms with van der Waals surface area (Å²) >= 11 is 13.8. The van der Waals surface area contributed by atoms with Crippen LogP contribution in [0.4, 0.5) is 20.2 Å². The van der Waals surface area contributed by atoms with Crippen LogP contribution in [-0.2, 0) is 17.9 Å². The molecule has 0 radical (unpaired) electrons. The minimum absolute atomic E-state index is 0.0821. The van der Waals surface area contributed by atoms with E-state index in [2.05, 4.69) is 26.3 Å². The summed E-state index contributed by atoms with van der Waals surface area (Å²) < 4.78 is 33.3. The molecule has 5 rings (SSSR count). The first-order chi connectivity index (χ1) is 21.9. The lowest BCUT2D eigenvalue weighted by molar-refractivity contribution is -0.119. The normalized spacial score (nSPS) is 14.4.